The first-order chi connectivity index (χ1) is 3.15. The third kappa shape index (κ3) is 170. The van der Waals surface area contributed by atoms with E-state index in [4.69, 9.17) is 5.73 Å². The van der Waals surface area contributed by atoms with Crippen molar-refractivity contribution in [3.05, 3.63) is 0 Å². The van der Waals surface area contributed by atoms with Crippen LogP contribution in [0.5, 0.6) is 0 Å². The van der Waals surface area contributed by atoms with Gasteiger partial charge in [0.1, 0.15) is 0 Å². The van der Waals surface area contributed by atoms with Crippen molar-refractivity contribution in [2.45, 2.75) is 6.92 Å². The molecular weight excluding hydrogens is 230 g/mol. The minimum absolute atomic E-state index is 0.363. The normalized spacial score (nSPS) is 5.29. The van der Waals surface area contributed by atoms with Crippen molar-refractivity contribution in [2.24, 2.45) is 5.73 Å². The molecule has 0 fully saturated rings. The Bertz CT molecular complexity index is 80.9. The van der Waals surface area contributed by atoms with Crippen LogP contribution in [0.15, 0.2) is 0 Å². The number of hydrogen-bond donors (Lipinski definition) is 1. The van der Waals surface area contributed by atoms with E-state index in [1.165, 1.54) is 0 Å². The van der Waals surface area contributed by atoms with E-state index >= 15 is 0 Å². The molecule has 0 atom stereocenters. The third-order valence-corrected chi connectivity index (χ3v) is 0. The summed E-state index contributed by atoms with van der Waals surface area (Å²) in [6, 6.07) is 0. The van der Waals surface area contributed by atoms with Gasteiger partial charge in [-0.3, -0.25) is 0 Å². The van der Waals surface area contributed by atoms with Crippen molar-refractivity contribution in [2.75, 3.05) is 0 Å². The minimum atomic E-state index is -0.363. The molecule has 0 aliphatic heterocycles. The van der Waals surface area contributed by atoms with E-state index < -0.39 is 0 Å². The van der Waals surface area contributed by atoms with Crippen molar-refractivity contribution >= 4 is 36.8 Å². The summed E-state index contributed by atoms with van der Waals surface area (Å²) in [4.78, 5) is 0.500. The summed E-state index contributed by atoms with van der Waals surface area (Å²) in [5.74, 6) is 0. The third-order valence-electron chi connectivity index (χ3n) is 0. The second-order valence-corrected chi connectivity index (χ2v) is 4.88. The first-order valence-electron chi connectivity index (χ1n) is 1.33. The van der Waals surface area contributed by atoms with Crippen molar-refractivity contribution in [1.82, 2.24) is 0 Å². The topological polar surface area (TPSA) is 26.0 Å². The molecule has 0 saturated heterocycles. The van der Waals surface area contributed by atoms with Gasteiger partial charge in [0.2, 0.25) is 0 Å². The van der Waals surface area contributed by atoms with Crippen LogP contribution in [-0.4, -0.2) is 4.99 Å². The van der Waals surface area contributed by atoms with Gasteiger partial charge in [-0.2, -0.15) is 0 Å². The Morgan fingerprint density at radius 2 is 1.57 bits per heavy atom. The molecule has 0 unspecified atom stereocenters. The van der Waals surface area contributed by atoms with Gasteiger partial charge >= 0.3 is 34.6 Å². The quantitative estimate of drug-likeness (QED) is 0.509. The Hall–Kier alpha value is 1.02. The summed E-state index contributed by atoms with van der Waals surface area (Å²) in [5.41, 5.74) is 4.84. The van der Waals surface area contributed by atoms with Crippen LogP contribution in [0.3, 0.4) is 0 Å². The number of rotatable bonds is 0. The second-order valence-electron chi connectivity index (χ2n) is 0.679. The number of hydrogen-bond acceptors (Lipinski definition) is 3. The molecule has 0 radical (unpaired) electrons. The molecule has 42 valence electrons. The Morgan fingerprint density at radius 1 is 1.57 bits per heavy atom. The van der Waals surface area contributed by atoms with Crippen LogP contribution in [0, 0.1) is 0 Å². The molecule has 0 saturated carbocycles. The average Bonchev–Trinajstić information content (AvgIpc) is 1.33. The van der Waals surface area contributed by atoms with E-state index in [0.717, 1.165) is 0 Å². The standard InChI is InChI=1S/C2H5NS.Mo.2S/c1-2(3)4;;;/h1H3,(H2,3,4);;;. The molecule has 0 aliphatic rings. The fraction of sp³-hybridized carbons (Fsp3) is 0.500. The molecule has 5 heteroatoms. The van der Waals surface area contributed by atoms with E-state index in [9.17, 15) is 0 Å². The van der Waals surface area contributed by atoms with E-state index in [-0.39, 0.29) is 14.9 Å². The Balaban J connectivity index is 0. The molecular formula is C2H5MoNS3. The van der Waals surface area contributed by atoms with E-state index in [1.807, 2.05) is 0 Å². The van der Waals surface area contributed by atoms with Crippen LogP contribution in [0.25, 0.3) is 0 Å². The van der Waals surface area contributed by atoms with E-state index in [1.54, 1.807) is 6.92 Å². The molecule has 0 amide bonds. The summed E-state index contributed by atoms with van der Waals surface area (Å²) >= 11 is 3.95. The summed E-state index contributed by atoms with van der Waals surface area (Å²) in [6.45, 7) is 1.68. The van der Waals surface area contributed by atoms with Gasteiger partial charge in [-0.05, 0) is 6.92 Å². The molecule has 7 heavy (non-hydrogen) atoms. The Kier molecular flexibility index (Phi) is 15.7. The van der Waals surface area contributed by atoms with Crippen LogP contribution in [0.2, 0.25) is 0 Å². The maximum atomic E-state index is 4.84. The van der Waals surface area contributed by atoms with E-state index in [2.05, 4.69) is 31.9 Å². The zero-order valence-corrected chi connectivity index (χ0v) is 8.17. The molecule has 2 N–H and O–H groups in total. The van der Waals surface area contributed by atoms with Gasteiger partial charge in [0.15, 0.2) is 0 Å². The Labute approximate surface area is 64.1 Å². The molecule has 0 bridgehead atoms. The van der Waals surface area contributed by atoms with Crippen molar-refractivity contribution in [1.29, 1.82) is 0 Å². The van der Waals surface area contributed by atoms with Gasteiger partial charge in [-0.25, -0.2) is 0 Å². The first-order valence-corrected chi connectivity index (χ1v) is 7.32. The zero-order valence-electron chi connectivity index (χ0n) is 3.71. The van der Waals surface area contributed by atoms with Crippen LogP contribution in [0.1, 0.15) is 6.92 Å². The van der Waals surface area contributed by atoms with Crippen molar-refractivity contribution in [3.63, 3.8) is 0 Å². The van der Waals surface area contributed by atoms with Crippen LogP contribution in [-0.2, 0) is 14.9 Å². The van der Waals surface area contributed by atoms with Gasteiger partial charge in [-0.1, -0.05) is 12.2 Å². The monoisotopic (exact) mass is 237 g/mol. The molecule has 0 rings (SSSR count). The zero-order chi connectivity index (χ0) is 6.28. The predicted molar refractivity (Wildman–Crippen MR) is 37.6 cm³/mol. The number of nitrogens with two attached hydrogens (primary N) is 1. The van der Waals surface area contributed by atoms with Gasteiger partial charge in [0.25, 0.3) is 0 Å². The average molecular weight is 235 g/mol. The molecule has 0 spiro atoms. The molecule has 0 aliphatic carbocycles. The Morgan fingerprint density at radius 3 is 1.57 bits per heavy atom. The van der Waals surface area contributed by atoms with Gasteiger partial charge in [0.05, 0.1) is 4.99 Å². The first kappa shape index (κ1) is 10.9. The van der Waals surface area contributed by atoms with Gasteiger partial charge in [-0.15, -0.1) is 0 Å². The summed E-state index contributed by atoms with van der Waals surface area (Å²) < 4.78 is 0. The van der Waals surface area contributed by atoms with Gasteiger partial charge in [0, 0.05) is 0 Å². The maximum absolute atomic E-state index is 4.84. The van der Waals surface area contributed by atoms with Crippen LogP contribution < -0.4 is 5.73 Å². The molecule has 0 aromatic carbocycles. The summed E-state index contributed by atoms with van der Waals surface area (Å²) in [6.07, 6.45) is 0. The predicted octanol–water partition coefficient (Wildman–Crippen LogP) is 1.59. The SMILES string of the molecule is CC(N)=S.[S]=[Mo]=[S]. The summed E-state index contributed by atoms with van der Waals surface area (Å²) in [7, 11) is 8.68. The molecule has 0 heterocycles. The van der Waals surface area contributed by atoms with Crippen LogP contribution >= 0.6 is 31.9 Å². The summed E-state index contributed by atoms with van der Waals surface area (Å²) in [5, 5.41) is 0. The van der Waals surface area contributed by atoms with Crippen molar-refractivity contribution < 1.29 is 14.9 Å². The van der Waals surface area contributed by atoms with Crippen molar-refractivity contribution in [3.8, 4) is 0 Å². The van der Waals surface area contributed by atoms with Gasteiger partial charge < -0.3 is 5.73 Å². The fourth-order valence-corrected chi connectivity index (χ4v) is 0. The number of thiocarbonyl (C=S) groups is 1. The second kappa shape index (κ2) is 10.1. The van der Waals surface area contributed by atoms with E-state index in [0.29, 0.717) is 4.99 Å². The molecule has 0 aromatic rings. The fourth-order valence-electron chi connectivity index (χ4n) is 0. The molecule has 1 nitrogen and oxygen atoms in total. The van der Waals surface area contributed by atoms with Crippen LogP contribution in [0.4, 0.5) is 0 Å². The molecule has 0 aromatic heterocycles.